The summed E-state index contributed by atoms with van der Waals surface area (Å²) in [5.41, 5.74) is 2.51. The standard InChI is InChI=1S/C22H34N2O3/c1-16-7-5-6-8-18(16)24-20(25)27-14-12-23-11-13-26-19-15-17-9-10-22(19,4)21(17,2)3/h5-8,17,19,23H,9-15H2,1-4H3,(H,24,25)/t17-,19-,22+/m0/s1. The lowest BCUT2D eigenvalue weighted by Gasteiger charge is -2.38. The van der Waals surface area contributed by atoms with Gasteiger partial charge in [-0.3, -0.25) is 5.32 Å². The molecule has 1 aromatic carbocycles. The van der Waals surface area contributed by atoms with E-state index in [1.807, 2.05) is 31.2 Å². The summed E-state index contributed by atoms with van der Waals surface area (Å²) < 4.78 is 11.4. The van der Waals surface area contributed by atoms with Crippen molar-refractivity contribution in [1.82, 2.24) is 5.32 Å². The highest BCUT2D eigenvalue weighted by Crippen LogP contribution is 2.66. The smallest absolute Gasteiger partial charge is 0.411 e. The number of nitrogens with one attached hydrogen (secondary N) is 2. The van der Waals surface area contributed by atoms with Gasteiger partial charge in [-0.15, -0.1) is 0 Å². The lowest BCUT2D eigenvalue weighted by atomic mass is 9.70. The molecule has 0 aliphatic heterocycles. The second-order valence-corrected chi connectivity index (χ2v) is 8.80. The number of carbonyl (C=O) groups excluding carboxylic acids is 1. The Morgan fingerprint density at radius 1 is 1.19 bits per heavy atom. The normalized spacial score (nSPS) is 28.3. The first-order valence-corrected chi connectivity index (χ1v) is 10.2. The van der Waals surface area contributed by atoms with Crippen molar-refractivity contribution in [1.29, 1.82) is 0 Å². The molecule has 2 aliphatic carbocycles. The number of carbonyl (C=O) groups is 1. The Morgan fingerprint density at radius 2 is 1.93 bits per heavy atom. The first kappa shape index (κ1) is 20.2. The van der Waals surface area contributed by atoms with E-state index in [4.69, 9.17) is 9.47 Å². The molecule has 0 unspecified atom stereocenters. The number of rotatable bonds is 8. The second kappa shape index (κ2) is 8.19. The van der Waals surface area contributed by atoms with Crippen LogP contribution < -0.4 is 10.6 Å². The van der Waals surface area contributed by atoms with Gasteiger partial charge in [-0.2, -0.15) is 0 Å². The summed E-state index contributed by atoms with van der Waals surface area (Å²) >= 11 is 0. The molecule has 150 valence electrons. The Bertz CT molecular complexity index is 661. The molecule has 0 radical (unpaired) electrons. The zero-order chi connectivity index (χ0) is 19.5. The summed E-state index contributed by atoms with van der Waals surface area (Å²) in [5.74, 6) is 0.806. The Kier molecular flexibility index (Phi) is 6.11. The van der Waals surface area contributed by atoms with Crippen LogP contribution in [0.25, 0.3) is 0 Å². The zero-order valence-corrected chi connectivity index (χ0v) is 17.1. The maximum Gasteiger partial charge on any atom is 0.411 e. The van der Waals surface area contributed by atoms with E-state index in [-0.39, 0.29) is 0 Å². The maximum atomic E-state index is 11.8. The number of anilines is 1. The topological polar surface area (TPSA) is 59.6 Å². The summed E-state index contributed by atoms with van der Waals surface area (Å²) in [5, 5.41) is 6.05. The second-order valence-electron chi connectivity index (χ2n) is 8.80. The van der Waals surface area contributed by atoms with Gasteiger partial charge in [-0.05, 0) is 54.6 Å². The molecule has 2 saturated carbocycles. The summed E-state index contributed by atoms with van der Waals surface area (Å²) in [6.45, 7) is 11.6. The van der Waals surface area contributed by atoms with Crippen molar-refractivity contribution in [2.24, 2.45) is 16.7 Å². The van der Waals surface area contributed by atoms with Gasteiger partial charge in [0.1, 0.15) is 6.61 Å². The maximum absolute atomic E-state index is 11.8. The van der Waals surface area contributed by atoms with E-state index in [0.717, 1.165) is 23.7 Å². The fraction of sp³-hybridized carbons (Fsp3) is 0.682. The van der Waals surface area contributed by atoms with Crippen LogP contribution >= 0.6 is 0 Å². The molecule has 1 aromatic rings. The van der Waals surface area contributed by atoms with Gasteiger partial charge in [-0.25, -0.2) is 4.79 Å². The number of aryl methyl sites for hydroxylation is 1. The average Bonchev–Trinajstić information content (AvgIpc) is 2.96. The highest BCUT2D eigenvalue weighted by Gasteiger charge is 2.61. The zero-order valence-electron chi connectivity index (χ0n) is 17.1. The van der Waals surface area contributed by atoms with Crippen molar-refractivity contribution in [3.63, 3.8) is 0 Å². The first-order chi connectivity index (χ1) is 12.8. The quantitative estimate of drug-likeness (QED) is 0.664. The molecule has 0 saturated heterocycles. The van der Waals surface area contributed by atoms with Crippen LogP contribution in [0.2, 0.25) is 0 Å². The van der Waals surface area contributed by atoms with Gasteiger partial charge in [0.2, 0.25) is 0 Å². The highest BCUT2D eigenvalue weighted by atomic mass is 16.5. The van der Waals surface area contributed by atoms with E-state index >= 15 is 0 Å². The van der Waals surface area contributed by atoms with Crippen molar-refractivity contribution in [3.05, 3.63) is 29.8 Å². The largest absolute Gasteiger partial charge is 0.448 e. The molecule has 2 bridgehead atoms. The summed E-state index contributed by atoms with van der Waals surface area (Å²) in [6, 6.07) is 7.65. The van der Waals surface area contributed by atoms with Gasteiger partial charge in [0.15, 0.2) is 0 Å². The molecule has 5 heteroatoms. The van der Waals surface area contributed by atoms with Crippen LogP contribution in [-0.2, 0) is 9.47 Å². The van der Waals surface area contributed by atoms with Gasteiger partial charge < -0.3 is 14.8 Å². The van der Waals surface area contributed by atoms with Crippen LogP contribution in [0.5, 0.6) is 0 Å². The number of ether oxygens (including phenoxy) is 2. The number of fused-ring (bicyclic) bond motifs is 2. The fourth-order valence-corrected chi connectivity index (χ4v) is 4.86. The molecular weight excluding hydrogens is 340 g/mol. The minimum Gasteiger partial charge on any atom is -0.448 e. The minimum atomic E-state index is -0.417. The average molecular weight is 375 g/mol. The third-order valence-corrected chi connectivity index (χ3v) is 7.21. The molecule has 2 aliphatic rings. The predicted molar refractivity (Wildman–Crippen MR) is 108 cm³/mol. The van der Waals surface area contributed by atoms with E-state index in [1.165, 1.54) is 19.3 Å². The molecule has 3 rings (SSSR count). The van der Waals surface area contributed by atoms with E-state index in [1.54, 1.807) is 0 Å². The van der Waals surface area contributed by atoms with Crippen molar-refractivity contribution >= 4 is 11.8 Å². The molecule has 0 heterocycles. The third kappa shape index (κ3) is 4.14. The van der Waals surface area contributed by atoms with Gasteiger partial charge >= 0.3 is 6.09 Å². The van der Waals surface area contributed by atoms with Crippen LogP contribution in [0.1, 0.15) is 45.6 Å². The molecule has 5 nitrogen and oxygen atoms in total. The lowest BCUT2D eigenvalue weighted by molar-refractivity contribution is -0.0450. The number of benzene rings is 1. The number of hydrogen-bond donors (Lipinski definition) is 2. The Balaban J connectivity index is 1.26. The summed E-state index contributed by atoms with van der Waals surface area (Å²) in [6.07, 6.45) is 3.80. The van der Waals surface area contributed by atoms with E-state index in [9.17, 15) is 4.79 Å². The molecular formula is C22H34N2O3. The SMILES string of the molecule is Cc1ccccc1NC(=O)OCCNCCO[C@H]1C[C@@H]2CC[C@@]1(C)C2(C)C. The minimum absolute atomic E-state index is 0.314. The van der Waals surface area contributed by atoms with Gasteiger partial charge in [-0.1, -0.05) is 39.0 Å². The first-order valence-electron chi connectivity index (χ1n) is 10.2. The van der Waals surface area contributed by atoms with Gasteiger partial charge in [0.25, 0.3) is 0 Å². The summed E-state index contributed by atoms with van der Waals surface area (Å²) in [4.78, 5) is 11.8. The monoisotopic (exact) mass is 374 g/mol. The van der Waals surface area contributed by atoms with Crippen LogP contribution in [-0.4, -0.2) is 38.5 Å². The number of hydrogen-bond acceptors (Lipinski definition) is 4. The third-order valence-electron chi connectivity index (χ3n) is 7.21. The van der Waals surface area contributed by atoms with Crippen LogP contribution in [0.3, 0.4) is 0 Å². The van der Waals surface area contributed by atoms with E-state index < -0.39 is 6.09 Å². The fourth-order valence-electron chi connectivity index (χ4n) is 4.86. The molecule has 27 heavy (non-hydrogen) atoms. The molecule has 3 atom stereocenters. The Labute approximate surface area is 163 Å². The Morgan fingerprint density at radius 3 is 2.59 bits per heavy atom. The molecule has 2 fully saturated rings. The van der Waals surface area contributed by atoms with Gasteiger partial charge in [0.05, 0.1) is 12.7 Å². The molecule has 2 N–H and O–H groups in total. The van der Waals surface area contributed by atoms with Crippen LogP contribution in [0.15, 0.2) is 24.3 Å². The van der Waals surface area contributed by atoms with E-state index in [2.05, 4.69) is 31.4 Å². The van der Waals surface area contributed by atoms with Crippen molar-refractivity contribution in [3.8, 4) is 0 Å². The molecule has 0 spiro atoms. The van der Waals surface area contributed by atoms with Crippen molar-refractivity contribution in [2.75, 3.05) is 31.6 Å². The molecule has 1 amide bonds. The lowest BCUT2D eigenvalue weighted by Crippen LogP contribution is -2.38. The van der Waals surface area contributed by atoms with Crippen molar-refractivity contribution in [2.45, 2.75) is 53.1 Å². The number of para-hydroxylation sites is 1. The highest BCUT2D eigenvalue weighted by molar-refractivity contribution is 5.85. The predicted octanol–water partition coefficient (Wildman–Crippen LogP) is 4.36. The summed E-state index contributed by atoms with van der Waals surface area (Å²) in [7, 11) is 0. The van der Waals surface area contributed by atoms with Crippen LogP contribution in [0.4, 0.5) is 10.5 Å². The Hall–Kier alpha value is -1.59. The van der Waals surface area contributed by atoms with Crippen molar-refractivity contribution < 1.29 is 14.3 Å². The number of amides is 1. The molecule has 0 aromatic heterocycles. The van der Waals surface area contributed by atoms with Crippen LogP contribution in [0, 0.1) is 23.7 Å². The van der Waals surface area contributed by atoms with Gasteiger partial charge in [0, 0.05) is 18.8 Å². The van der Waals surface area contributed by atoms with E-state index in [0.29, 0.717) is 36.7 Å².